The number of carbonyl (C=O) groups is 1. The predicted octanol–water partition coefficient (Wildman–Crippen LogP) is 2.64. The summed E-state index contributed by atoms with van der Waals surface area (Å²) < 4.78 is 2.00. The number of fused-ring (bicyclic) bond motifs is 2. The minimum Gasteiger partial charge on any atom is -0.338 e. The van der Waals surface area contributed by atoms with Crippen LogP contribution < -0.4 is 5.32 Å². The lowest BCUT2D eigenvalue weighted by Gasteiger charge is -2.28. The van der Waals surface area contributed by atoms with Crippen molar-refractivity contribution in [2.45, 2.75) is 19.4 Å². The summed E-state index contributed by atoms with van der Waals surface area (Å²) in [5.74, 6) is 0. The molecule has 1 aliphatic rings. The molecule has 1 aliphatic heterocycles. The number of benzene rings is 1. The van der Waals surface area contributed by atoms with Crippen LogP contribution in [-0.2, 0) is 19.4 Å². The molecule has 4 rings (SSSR count). The second-order valence-electron chi connectivity index (χ2n) is 6.12. The molecule has 3 heterocycles. The Balaban J connectivity index is 1.32. The number of urea groups is 1. The molecular weight excluding hydrogens is 300 g/mol. The topological polar surface area (TPSA) is 49.6 Å². The van der Waals surface area contributed by atoms with Crippen molar-refractivity contribution in [1.82, 2.24) is 19.6 Å². The molecule has 0 saturated carbocycles. The highest BCUT2D eigenvalue weighted by atomic mass is 16.2. The average Bonchev–Trinajstić information content (AvgIpc) is 3.04. The van der Waals surface area contributed by atoms with Gasteiger partial charge in [0.1, 0.15) is 5.65 Å². The minimum absolute atomic E-state index is 0.00765. The number of imidazole rings is 1. The monoisotopic (exact) mass is 320 g/mol. The Morgan fingerprint density at radius 3 is 2.83 bits per heavy atom. The van der Waals surface area contributed by atoms with E-state index in [2.05, 4.69) is 28.5 Å². The Hall–Kier alpha value is -2.82. The van der Waals surface area contributed by atoms with Gasteiger partial charge in [-0.1, -0.05) is 30.3 Å². The van der Waals surface area contributed by atoms with Crippen molar-refractivity contribution in [3.63, 3.8) is 0 Å². The van der Waals surface area contributed by atoms with E-state index in [-0.39, 0.29) is 6.03 Å². The largest absolute Gasteiger partial charge is 0.338 e. The molecule has 5 nitrogen and oxygen atoms in total. The number of carbonyl (C=O) groups excluding carboxylic acids is 1. The second-order valence-corrected chi connectivity index (χ2v) is 6.12. The van der Waals surface area contributed by atoms with Crippen LogP contribution in [0.15, 0.2) is 54.9 Å². The highest BCUT2D eigenvalue weighted by Gasteiger charge is 2.19. The van der Waals surface area contributed by atoms with E-state index in [0.29, 0.717) is 13.1 Å². The lowest BCUT2D eigenvalue weighted by atomic mass is 10.0. The summed E-state index contributed by atoms with van der Waals surface area (Å²) in [5, 5.41) is 3.01. The van der Waals surface area contributed by atoms with Crippen LogP contribution in [0.25, 0.3) is 5.65 Å². The van der Waals surface area contributed by atoms with Gasteiger partial charge in [0.15, 0.2) is 0 Å². The molecule has 0 fully saturated rings. The molecule has 2 aromatic heterocycles. The fourth-order valence-corrected chi connectivity index (χ4v) is 3.19. The van der Waals surface area contributed by atoms with Gasteiger partial charge >= 0.3 is 6.03 Å². The van der Waals surface area contributed by atoms with Gasteiger partial charge in [0.2, 0.25) is 0 Å². The number of pyridine rings is 1. The van der Waals surface area contributed by atoms with E-state index in [9.17, 15) is 4.79 Å². The van der Waals surface area contributed by atoms with E-state index in [1.165, 1.54) is 11.1 Å². The SMILES string of the molecule is O=C(NCCc1cn2ccccc2n1)N1CCc2ccccc2C1. The molecule has 0 unspecified atom stereocenters. The van der Waals surface area contributed by atoms with Crippen molar-refractivity contribution in [2.24, 2.45) is 0 Å². The Morgan fingerprint density at radius 1 is 1.12 bits per heavy atom. The Bertz CT molecular complexity index is 837. The highest BCUT2D eigenvalue weighted by molar-refractivity contribution is 5.74. The molecule has 1 aromatic carbocycles. The number of hydrogen-bond acceptors (Lipinski definition) is 2. The van der Waals surface area contributed by atoms with Crippen molar-refractivity contribution in [1.29, 1.82) is 0 Å². The summed E-state index contributed by atoms with van der Waals surface area (Å²) >= 11 is 0. The van der Waals surface area contributed by atoms with Crippen LogP contribution in [0, 0.1) is 0 Å². The van der Waals surface area contributed by atoms with Crippen LogP contribution in [-0.4, -0.2) is 33.4 Å². The normalized spacial score (nSPS) is 13.8. The van der Waals surface area contributed by atoms with Gasteiger partial charge in [0.05, 0.1) is 5.69 Å². The standard InChI is InChI=1S/C19H20N4O/c24-19(23-12-9-15-5-1-2-6-16(15)13-23)20-10-8-17-14-22-11-4-3-7-18(22)21-17/h1-7,11,14H,8-10,12-13H2,(H,20,24). The van der Waals surface area contributed by atoms with Crippen molar-refractivity contribution in [2.75, 3.05) is 13.1 Å². The number of nitrogens with one attached hydrogen (secondary N) is 1. The smallest absolute Gasteiger partial charge is 0.317 e. The number of aromatic nitrogens is 2. The van der Waals surface area contributed by atoms with Crippen molar-refractivity contribution in [3.8, 4) is 0 Å². The van der Waals surface area contributed by atoms with E-state index < -0.39 is 0 Å². The van der Waals surface area contributed by atoms with Gasteiger partial charge in [-0.2, -0.15) is 0 Å². The first kappa shape index (κ1) is 14.8. The first-order valence-electron chi connectivity index (χ1n) is 8.32. The van der Waals surface area contributed by atoms with Crippen LogP contribution in [0.5, 0.6) is 0 Å². The number of nitrogens with zero attached hydrogens (tertiary/aromatic N) is 3. The zero-order valence-corrected chi connectivity index (χ0v) is 13.5. The maximum absolute atomic E-state index is 12.4. The number of amides is 2. The molecule has 0 saturated heterocycles. The summed E-state index contributed by atoms with van der Waals surface area (Å²) in [6, 6.07) is 14.3. The summed E-state index contributed by atoms with van der Waals surface area (Å²) in [6.07, 6.45) is 5.65. The Labute approximate surface area is 140 Å². The number of rotatable bonds is 3. The van der Waals surface area contributed by atoms with Crippen molar-refractivity contribution in [3.05, 3.63) is 71.7 Å². The maximum atomic E-state index is 12.4. The van der Waals surface area contributed by atoms with Gasteiger partial charge in [0, 0.05) is 38.4 Å². The lowest BCUT2D eigenvalue weighted by molar-refractivity contribution is 0.192. The van der Waals surface area contributed by atoms with Gasteiger partial charge in [0.25, 0.3) is 0 Å². The third-order valence-corrected chi connectivity index (χ3v) is 4.49. The van der Waals surface area contributed by atoms with Gasteiger partial charge in [-0.25, -0.2) is 9.78 Å². The summed E-state index contributed by atoms with van der Waals surface area (Å²) in [6.45, 7) is 2.06. The first-order valence-corrected chi connectivity index (χ1v) is 8.32. The average molecular weight is 320 g/mol. The molecule has 122 valence electrons. The van der Waals surface area contributed by atoms with E-state index >= 15 is 0 Å². The Kier molecular flexibility index (Phi) is 3.91. The molecule has 24 heavy (non-hydrogen) atoms. The first-order chi connectivity index (χ1) is 11.8. The van der Waals surface area contributed by atoms with Gasteiger partial charge < -0.3 is 14.6 Å². The summed E-state index contributed by atoms with van der Waals surface area (Å²) in [7, 11) is 0. The fraction of sp³-hybridized carbons (Fsp3) is 0.263. The Morgan fingerprint density at radius 2 is 1.96 bits per heavy atom. The van der Waals surface area contributed by atoms with Crippen LogP contribution in [0.3, 0.4) is 0 Å². The summed E-state index contributed by atoms with van der Waals surface area (Å²) in [5.41, 5.74) is 4.53. The molecule has 3 aromatic rings. The van der Waals surface area contributed by atoms with E-state index in [4.69, 9.17) is 0 Å². The van der Waals surface area contributed by atoms with Crippen molar-refractivity contribution >= 4 is 11.7 Å². The maximum Gasteiger partial charge on any atom is 0.317 e. The zero-order chi connectivity index (χ0) is 16.4. The van der Waals surface area contributed by atoms with Gasteiger partial charge in [-0.15, -0.1) is 0 Å². The van der Waals surface area contributed by atoms with Gasteiger partial charge in [-0.3, -0.25) is 0 Å². The predicted molar refractivity (Wildman–Crippen MR) is 92.9 cm³/mol. The third kappa shape index (κ3) is 2.97. The molecule has 0 atom stereocenters. The van der Waals surface area contributed by atoms with E-state index in [1.54, 1.807) is 0 Å². The lowest BCUT2D eigenvalue weighted by Crippen LogP contribution is -2.43. The molecule has 2 amide bonds. The number of hydrogen-bond donors (Lipinski definition) is 1. The second kappa shape index (κ2) is 6.35. The molecular formula is C19H20N4O. The van der Waals surface area contributed by atoms with Crippen LogP contribution >= 0.6 is 0 Å². The van der Waals surface area contributed by atoms with Crippen LogP contribution in [0.4, 0.5) is 4.79 Å². The quantitative estimate of drug-likeness (QED) is 0.806. The zero-order valence-electron chi connectivity index (χ0n) is 13.5. The third-order valence-electron chi connectivity index (χ3n) is 4.49. The van der Waals surface area contributed by atoms with E-state index in [0.717, 1.165) is 30.7 Å². The van der Waals surface area contributed by atoms with E-state index in [1.807, 2.05) is 46.0 Å². The molecule has 0 aliphatic carbocycles. The molecule has 1 N–H and O–H groups in total. The molecule has 0 radical (unpaired) electrons. The van der Waals surface area contributed by atoms with Crippen LogP contribution in [0.1, 0.15) is 16.8 Å². The van der Waals surface area contributed by atoms with Crippen molar-refractivity contribution < 1.29 is 4.79 Å². The van der Waals surface area contributed by atoms with Gasteiger partial charge in [-0.05, 0) is 29.7 Å². The minimum atomic E-state index is 0.00765. The highest BCUT2D eigenvalue weighted by Crippen LogP contribution is 2.18. The molecule has 5 heteroatoms. The summed E-state index contributed by atoms with van der Waals surface area (Å²) in [4.78, 5) is 18.8. The van der Waals surface area contributed by atoms with Crippen LogP contribution in [0.2, 0.25) is 0 Å². The molecule has 0 spiro atoms. The fourth-order valence-electron chi connectivity index (χ4n) is 3.19. The molecule has 0 bridgehead atoms.